The number of rotatable bonds is 5. The number of fused-ring (bicyclic) bond motifs is 2. The molecule has 0 radical (unpaired) electrons. The van der Waals surface area contributed by atoms with Crippen molar-refractivity contribution in [3.05, 3.63) is 41.0 Å². The molecule has 10 nitrogen and oxygen atoms in total. The summed E-state index contributed by atoms with van der Waals surface area (Å²) in [5, 5.41) is 10.1. The highest BCUT2D eigenvalue weighted by molar-refractivity contribution is 6.05. The third-order valence-corrected chi connectivity index (χ3v) is 7.42. The Labute approximate surface area is 208 Å². The van der Waals surface area contributed by atoms with Gasteiger partial charge in [-0.05, 0) is 61.7 Å². The van der Waals surface area contributed by atoms with Crippen LogP contribution in [0.15, 0.2) is 24.3 Å². The Morgan fingerprint density at radius 2 is 1.92 bits per heavy atom. The molecule has 3 aliphatic heterocycles. The van der Waals surface area contributed by atoms with Crippen LogP contribution in [-0.4, -0.2) is 75.9 Å². The van der Waals surface area contributed by atoms with Crippen LogP contribution in [0.1, 0.15) is 47.2 Å². The first-order valence-electron chi connectivity index (χ1n) is 12.4. The summed E-state index contributed by atoms with van der Waals surface area (Å²) in [7, 11) is 3.91. The Bertz CT molecular complexity index is 1390. The fraction of sp³-hybridized carbons (Fsp3) is 0.423. The Morgan fingerprint density at radius 3 is 2.67 bits per heavy atom. The largest absolute Gasteiger partial charge is 0.359 e. The van der Waals surface area contributed by atoms with Crippen LogP contribution in [0, 0.1) is 0 Å². The van der Waals surface area contributed by atoms with Crippen LogP contribution >= 0.6 is 0 Å². The molecule has 3 aliphatic rings. The Morgan fingerprint density at radius 1 is 1.11 bits per heavy atom. The van der Waals surface area contributed by atoms with Crippen molar-refractivity contribution in [3.63, 3.8) is 0 Å². The number of aromatic amines is 1. The van der Waals surface area contributed by atoms with E-state index in [4.69, 9.17) is 4.98 Å². The van der Waals surface area contributed by atoms with E-state index in [0.29, 0.717) is 18.5 Å². The van der Waals surface area contributed by atoms with Crippen LogP contribution in [0.4, 0.5) is 5.82 Å². The fourth-order valence-electron chi connectivity index (χ4n) is 5.55. The molecule has 2 saturated heterocycles. The van der Waals surface area contributed by atoms with Crippen LogP contribution in [0.5, 0.6) is 0 Å². The molecule has 1 aromatic carbocycles. The molecule has 2 N–H and O–H groups in total. The maximum atomic E-state index is 13.1. The lowest BCUT2D eigenvalue weighted by atomic mass is 10.0. The van der Waals surface area contributed by atoms with E-state index in [9.17, 15) is 14.4 Å². The molecular weight excluding hydrogens is 458 g/mol. The minimum atomic E-state index is -0.624. The molecule has 10 heteroatoms. The first-order chi connectivity index (χ1) is 17.4. The summed E-state index contributed by atoms with van der Waals surface area (Å²) in [6.45, 7) is 3.34. The van der Waals surface area contributed by atoms with Crippen LogP contribution in [0.25, 0.3) is 22.3 Å². The minimum absolute atomic E-state index is 0.172. The summed E-state index contributed by atoms with van der Waals surface area (Å²) < 4.78 is 0. The fourth-order valence-corrected chi connectivity index (χ4v) is 5.55. The number of nitrogens with zero attached hydrogens (tertiary/aromatic N) is 5. The van der Waals surface area contributed by atoms with Crippen LogP contribution < -0.4 is 10.2 Å². The number of amides is 3. The van der Waals surface area contributed by atoms with Crippen molar-refractivity contribution in [2.75, 3.05) is 32.1 Å². The summed E-state index contributed by atoms with van der Waals surface area (Å²) in [4.78, 5) is 48.0. The van der Waals surface area contributed by atoms with Crippen LogP contribution in [0.3, 0.4) is 0 Å². The second-order valence-corrected chi connectivity index (χ2v) is 10.1. The number of imide groups is 1. The van der Waals surface area contributed by atoms with Gasteiger partial charge in [0, 0.05) is 44.7 Å². The average Bonchev–Trinajstić information content (AvgIpc) is 3.58. The normalized spacial score (nSPS) is 20.3. The second kappa shape index (κ2) is 8.70. The van der Waals surface area contributed by atoms with Crippen molar-refractivity contribution in [2.24, 2.45) is 0 Å². The van der Waals surface area contributed by atoms with Crippen molar-refractivity contribution in [3.8, 4) is 11.3 Å². The molecule has 2 aromatic heterocycles. The monoisotopic (exact) mass is 487 g/mol. The highest BCUT2D eigenvalue weighted by Crippen LogP contribution is 2.33. The van der Waals surface area contributed by atoms with Crippen molar-refractivity contribution in [2.45, 2.75) is 44.8 Å². The molecule has 36 heavy (non-hydrogen) atoms. The van der Waals surface area contributed by atoms with Gasteiger partial charge in [-0.25, -0.2) is 4.98 Å². The highest BCUT2D eigenvalue weighted by Gasteiger charge is 2.39. The van der Waals surface area contributed by atoms with Gasteiger partial charge in [0.1, 0.15) is 11.6 Å². The SMILES string of the molecule is CN(C)c1n[nH]c2c(CN3CCCC3)cc(-c3ccc4c(c3)CN(C3CCC(=O)NC3=O)C4=O)nc12. The van der Waals surface area contributed by atoms with E-state index >= 15 is 0 Å². The van der Waals surface area contributed by atoms with Gasteiger partial charge in [0.25, 0.3) is 5.91 Å². The van der Waals surface area contributed by atoms with Gasteiger partial charge >= 0.3 is 0 Å². The van der Waals surface area contributed by atoms with Crippen molar-refractivity contribution < 1.29 is 14.4 Å². The summed E-state index contributed by atoms with van der Waals surface area (Å²) >= 11 is 0. The zero-order chi connectivity index (χ0) is 25.0. The van der Waals surface area contributed by atoms with Gasteiger partial charge in [-0.2, -0.15) is 5.10 Å². The zero-order valence-corrected chi connectivity index (χ0v) is 20.5. The molecule has 1 unspecified atom stereocenters. The first kappa shape index (κ1) is 22.7. The zero-order valence-electron chi connectivity index (χ0n) is 20.5. The van der Waals surface area contributed by atoms with E-state index < -0.39 is 11.9 Å². The van der Waals surface area contributed by atoms with Crippen molar-refractivity contribution in [1.82, 2.24) is 30.3 Å². The molecule has 0 aliphatic carbocycles. The molecule has 5 heterocycles. The predicted molar refractivity (Wildman–Crippen MR) is 134 cm³/mol. The van der Waals surface area contributed by atoms with Gasteiger partial charge in [0.2, 0.25) is 11.8 Å². The second-order valence-electron chi connectivity index (χ2n) is 10.1. The average molecular weight is 488 g/mol. The summed E-state index contributed by atoms with van der Waals surface area (Å²) in [6.07, 6.45) is 3.03. The molecular formula is C26H29N7O3. The smallest absolute Gasteiger partial charge is 0.255 e. The van der Waals surface area contributed by atoms with Crippen molar-refractivity contribution >= 4 is 34.6 Å². The quantitative estimate of drug-likeness (QED) is 0.530. The lowest BCUT2D eigenvalue weighted by Gasteiger charge is -2.29. The van der Waals surface area contributed by atoms with E-state index in [-0.39, 0.29) is 18.2 Å². The number of hydrogen-bond donors (Lipinski definition) is 2. The molecule has 0 saturated carbocycles. The summed E-state index contributed by atoms with van der Waals surface area (Å²) in [5.41, 5.74) is 6.14. The van der Waals surface area contributed by atoms with Crippen molar-refractivity contribution in [1.29, 1.82) is 0 Å². The third kappa shape index (κ3) is 3.81. The maximum Gasteiger partial charge on any atom is 0.255 e. The van der Waals surface area contributed by atoms with E-state index in [0.717, 1.165) is 58.9 Å². The number of H-pyrrole nitrogens is 1. The van der Waals surface area contributed by atoms with Gasteiger partial charge in [-0.1, -0.05) is 6.07 Å². The molecule has 186 valence electrons. The van der Waals surface area contributed by atoms with Gasteiger partial charge in [-0.15, -0.1) is 0 Å². The number of anilines is 1. The van der Waals surface area contributed by atoms with Crippen LogP contribution in [0.2, 0.25) is 0 Å². The molecule has 0 bridgehead atoms. The standard InChI is InChI=1S/C26H29N7O3/c1-31(2)24-23-22(29-30-24)17(13-32-9-3-4-10-32)12-19(27-23)15-5-6-18-16(11-15)14-33(26(18)36)20-7-8-21(34)28-25(20)35/h5-6,11-12,20H,3-4,7-10,13-14H2,1-2H3,(H,29,30)(H,28,34,35). The lowest BCUT2D eigenvalue weighted by molar-refractivity contribution is -0.136. The number of carbonyl (C=O) groups is 3. The first-order valence-corrected chi connectivity index (χ1v) is 12.4. The van der Waals surface area contributed by atoms with E-state index in [1.165, 1.54) is 12.8 Å². The Balaban J connectivity index is 1.36. The van der Waals surface area contributed by atoms with E-state index in [1.54, 1.807) is 4.90 Å². The van der Waals surface area contributed by atoms with E-state index in [1.807, 2.05) is 37.2 Å². The predicted octanol–water partition coefficient (Wildman–Crippen LogP) is 2.05. The lowest BCUT2D eigenvalue weighted by Crippen LogP contribution is -2.52. The highest BCUT2D eigenvalue weighted by atomic mass is 16.2. The Kier molecular flexibility index (Phi) is 5.48. The number of hydrogen-bond acceptors (Lipinski definition) is 7. The summed E-state index contributed by atoms with van der Waals surface area (Å²) in [6, 6.07) is 7.25. The van der Waals surface area contributed by atoms with Gasteiger partial charge < -0.3 is 9.80 Å². The van der Waals surface area contributed by atoms with Gasteiger partial charge in [-0.3, -0.25) is 29.7 Å². The maximum absolute atomic E-state index is 13.1. The number of nitrogens with one attached hydrogen (secondary N) is 2. The van der Waals surface area contributed by atoms with E-state index in [2.05, 4.69) is 26.5 Å². The number of pyridine rings is 1. The Hall–Kier alpha value is -3.79. The number of piperidine rings is 1. The minimum Gasteiger partial charge on any atom is -0.359 e. The number of benzene rings is 1. The summed E-state index contributed by atoms with van der Waals surface area (Å²) in [5.74, 6) is -0.0727. The number of likely N-dealkylation sites (tertiary alicyclic amines) is 1. The van der Waals surface area contributed by atoms with Crippen LogP contribution in [-0.2, 0) is 22.7 Å². The van der Waals surface area contributed by atoms with Gasteiger partial charge in [0.15, 0.2) is 5.82 Å². The number of aromatic nitrogens is 3. The molecule has 3 aromatic rings. The number of carbonyl (C=O) groups excluding carboxylic acids is 3. The third-order valence-electron chi connectivity index (χ3n) is 7.42. The molecule has 3 amide bonds. The van der Waals surface area contributed by atoms with Gasteiger partial charge in [0.05, 0.1) is 11.2 Å². The molecule has 6 rings (SSSR count). The molecule has 2 fully saturated rings. The molecule has 1 atom stereocenters. The molecule has 0 spiro atoms. The topological polar surface area (TPSA) is 115 Å².